The maximum absolute atomic E-state index is 13.9. The van der Waals surface area contributed by atoms with Crippen molar-refractivity contribution >= 4 is 34.1 Å². The quantitative estimate of drug-likeness (QED) is 0.263. The van der Waals surface area contributed by atoms with E-state index in [0.717, 1.165) is 40.2 Å². The largest absolute Gasteiger partial charge is 0.494 e. The van der Waals surface area contributed by atoms with Crippen molar-refractivity contribution in [3.05, 3.63) is 78.0 Å². The summed E-state index contributed by atoms with van der Waals surface area (Å²) >= 11 is 0. The van der Waals surface area contributed by atoms with Crippen molar-refractivity contribution in [3.63, 3.8) is 0 Å². The van der Waals surface area contributed by atoms with Crippen LogP contribution in [0.4, 0.5) is 4.79 Å². The van der Waals surface area contributed by atoms with Gasteiger partial charge in [-0.25, -0.2) is 14.8 Å². The number of fused-ring (bicyclic) bond motifs is 2. The van der Waals surface area contributed by atoms with Gasteiger partial charge in [0, 0.05) is 50.9 Å². The van der Waals surface area contributed by atoms with Crippen LogP contribution < -0.4 is 4.74 Å². The lowest BCUT2D eigenvalue weighted by molar-refractivity contribution is 0.0138. The molecule has 1 aliphatic carbocycles. The number of rotatable bonds is 8. The van der Waals surface area contributed by atoms with Crippen molar-refractivity contribution in [2.24, 2.45) is 13.0 Å². The number of nitrogens with zero attached hydrogens (tertiary/aromatic N) is 6. The minimum Gasteiger partial charge on any atom is -0.494 e. The second kappa shape index (κ2) is 12.1. The monoisotopic (exact) mass is 622 g/mol. The molecule has 2 aromatic carbocycles. The van der Waals surface area contributed by atoms with Gasteiger partial charge in [0.15, 0.2) is 5.82 Å². The molecule has 238 valence electrons. The van der Waals surface area contributed by atoms with Crippen molar-refractivity contribution in [3.8, 4) is 17.3 Å². The molecule has 46 heavy (non-hydrogen) atoms. The van der Waals surface area contributed by atoms with E-state index in [-0.39, 0.29) is 25.6 Å². The Hall–Kier alpha value is -4.90. The Labute approximate surface area is 267 Å². The molecule has 11 heteroatoms. The van der Waals surface area contributed by atoms with E-state index in [1.54, 1.807) is 31.2 Å². The Morgan fingerprint density at radius 1 is 1.07 bits per heavy atom. The SMILES string of the molecule is COc1cc(C(=O)N2C[C@H](O)C[C@@H](N(C)C(=O)OCc3ccccc3)C2)cc2nc(-c3cc4cccnc4n3CC3CC3)n(C)c12. The van der Waals surface area contributed by atoms with Crippen LogP contribution in [0.15, 0.2) is 66.9 Å². The maximum Gasteiger partial charge on any atom is 0.410 e. The van der Waals surface area contributed by atoms with Gasteiger partial charge >= 0.3 is 6.09 Å². The number of likely N-dealkylation sites (N-methyl/N-ethyl adjacent to an activating group) is 1. The van der Waals surface area contributed by atoms with Crippen LogP contribution in [-0.2, 0) is 24.9 Å². The first-order valence-corrected chi connectivity index (χ1v) is 15.7. The van der Waals surface area contributed by atoms with E-state index in [1.165, 1.54) is 17.7 Å². The number of β-amino-alcohol motifs (C(OH)–C–C–N with tert-alkyl or cyclic N) is 1. The van der Waals surface area contributed by atoms with E-state index in [4.69, 9.17) is 14.5 Å². The Kier molecular flexibility index (Phi) is 7.85. The molecule has 2 amide bonds. The normalized spacial score (nSPS) is 18.2. The van der Waals surface area contributed by atoms with Gasteiger partial charge in [0.05, 0.1) is 30.5 Å². The summed E-state index contributed by atoms with van der Waals surface area (Å²) in [7, 11) is 5.18. The van der Waals surface area contributed by atoms with E-state index in [1.807, 2.05) is 54.2 Å². The molecule has 0 bridgehead atoms. The van der Waals surface area contributed by atoms with Gasteiger partial charge in [-0.05, 0) is 61.1 Å². The number of methoxy groups -OCH3 is 1. The van der Waals surface area contributed by atoms with Crippen LogP contribution in [-0.4, -0.2) is 85.4 Å². The van der Waals surface area contributed by atoms with Gasteiger partial charge in [-0.15, -0.1) is 0 Å². The molecular weight excluding hydrogens is 584 g/mol. The third kappa shape index (κ3) is 5.66. The second-order valence-corrected chi connectivity index (χ2v) is 12.4. The van der Waals surface area contributed by atoms with Crippen LogP contribution in [0.25, 0.3) is 33.6 Å². The Morgan fingerprint density at radius 2 is 1.87 bits per heavy atom. The van der Waals surface area contributed by atoms with Crippen molar-refractivity contribution in [1.82, 2.24) is 28.9 Å². The van der Waals surface area contributed by atoms with Crippen LogP contribution in [0, 0.1) is 5.92 Å². The zero-order chi connectivity index (χ0) is 31.9. The average molecular weight is 623 g/mol. The first kappa shape index (κ1) is 29.8. The highest BCUT2D eigenvalue weighted by Gasteiger charge is 2.34. The van der Waals surface area contributed by atoms with Gasteiger partial charge in [0.2, 0.25) is 0 Å². The standard InChI is InChI=1S/C35H38N6O5/c1-38(35(44)46-21-23-8-5-4-6-9-23)26-17-27(42)20-40(19-26)34(43)25-14-28-31(30(16-25)45-3)39(2)33(37-28)29-15-24-10-7-13-36-32(24)41(29)18-22-11-12-22/h4-10,13-16,22,26-27,42H,11-12,17-21H2,1-3H3/t26-,27-/m1/s1. The number of carbonyl (C=O) groups excluding carboxylic acids is 2. The van der Waals surface area contributed by atoms with Crippen LogP contribution in [0.1, 0.15) is 35.2 Å². The highest BCUT2D eigenvalue weighted by Crippen LogP contribution is 2.37. The van der Waals surface area contributed by atoms with E-state index < -0.39 is 18.2 Å². The van der Waals surface area contributed by atoms with E-state index in [2.05, 4.69) is 21.7 Å². The molecule has 2 aliphatic rings. The summed E-state index contributed by atoms with van der Waals surface area (Å²) in [4.78, 5) is 39.6. The van der Waals surface area contributed by atoms with E-state index in [9.17, 15) is 14.7 Å². The van der Waals surface area contributed by atoms with Crippen molar-refractivity contribution < 1.29 is 24.2 Å². The highest BCUT2D eigenvalue weighted by molar-refractivity contribution is 6.00. The fraction of sp³-hybridized carbons (Fsp3) is 0.371. The Bertz CT molecular complexity index is 1910. The smallest absolute Gasteiger partial charge is 0.410 e. The number of hydrogen-bond donors (Lipinski definition) is 1. The van der Waals surface area contributed by atoms with Gasteiger partial charge < -0.3 is 33.5 Å². The highest BCUT2D eigenvalue weighted by atomic mass is 16.6. The Balaban J connectivity index is 1.16. The van der Waals surface area contributed by atoms with Crippen molar-refractivity contribution in [2.75, 3.05) is 27.2 Å². The van der Waals surface area contributed by atoms with Crippen LogP contribution in [0.5, 0.6) is 5.75 Å². The minimum absolute atomic E-state index is 0.144. The summed E-state index contributed by atoms with van der Waals surface area (Å²) < 4.78 is 15.6. The first-order valence-electron chi connectivity index (χ1n) is 15.7. The molecule has 1 N–H and O–H groups in total. The molecule has 5 aromatic rings. The van der Waals surface area contributed by atoms with Crippen LogP contribution in [0.3, 0.4) is 0 Å². The molecule has 1 aliphatic heterocycles. The number of pyridine rings is 1. The number of likely N-dealkylation sites (tertiary alicyclic amines) is 1. The summed E-state index contributed by atoms with van der Waals surface area (Å²) in [6, 6.07) is 18.7. The van der Waals surface area contributed by atoms with Crippen LogP contribution >= 0.6 is 0 Å². The number of ether oxygens (including phenoxy) is 2. The number of aliphatic hydroxyl groups excluding tert-OH is 1. The summed E-state index contributed by atoms with van der Waals surface area (Å²) in [6.45, 7) is 1.44. The number of hydrogen-bond acceptors (Lipinski definition) is 7. The van der Waals surface area contributed by atoms with Crippen molar-refractivity contribution in [2.45, 2.75) is 44.6 Å². The summed E-state index contributed by atoms with van der Waals surface area (Å²) in [5, 5.41) is 11.8. The molecule has 1 saturated heterocycles. The Morgan fingerprint density at radius 3 is 2.63 bits per heavy atom. The number of aromatic nitrogens is 4. The topological polar surface area (TPSA) is 115 Å². The molecule has 0 radical (unpaired) electrons. The molecule has 11 nitrogen and oxygen atoms in total. The van der Waals surface area contributed by atoms with Gasteiger partial charge in [0.1, 0.15) is 23.5 Å². The van der Waals surface area contributed by atoms with Crippen molar-refractivity contribution in [1.29, 1.82) is 0 Å². The molecule has 3 aromatic heterocycles. The molecule has 0 spiro atoms. The van der Waals surface area contributed by atoms with Gasteiger partial charge in [0.25, 0.3) is 5.91 Å². The zero-order valence-electron chi connectivity index (χ0n) is 26.3. The number of benzene rings is 2. The third-order valence-corrected chi connectivity index (χ3v) is 9.16. The fourth-order valence-corrected chi connectivity index (χ4v) is 6.48. The van der Waals surface area contributed by atoms with E-state index in [0.29, 0.717) is 29.2 Å². The first-order chi connectivity index (χ1) is 22.3. The fourth-order valence-electron chi connectivity index (χ4n) is 6.48. The average Bonchev–Trinajstić information content (AvgIpc) is 3.75. The summed E-state index contributed by atoms with van der Waals surface area (Å²) in [5.74, 6) is 1.66. The number of aryl methyl sites for hydroxylation is 1. The molecule has 7 rings (SSSR count). The number of aliphatic hydroxyl groups is 1. The molecule has 1 saturated carbocycles. The number of amides is 2. The second-order valence-electron chi connectivity index (χ2n) is 12.4. The molecule has 2 fully saturated rings. The van der Waals surface area contributed by atoms with Gasteiger partial charge in [-0.1, -0.05) is 30.3 Å². The predicted octanol–water partition coefficient (Wildman–Crippen LogP) is 4.85. The molecule has 4 heterocycles. The summed E-state index contributed by atoms with van der Waals surface area (Å²) in [6.07, 6.45) is 3.29. The summed E-state index contributed by atoms with van der Waals surface area (Å²) in [5.41, 5.74) is 4.60. The lowest BCUT2D eigenvalue weighted by Crippen LogP contribution is -2.54. The predicted molar refractivity (Wildman–Crippen MR) is 173 cm³/mol. The number of carbonyl (C=O) groups is 2. The minimum atomic E-state index is -0.791. The third-order valence-electron chi connectivity index (χ3n) is 9.16. The van der Waals surface area contributed by atoms with E-state index >= 15 is 0 Å². The molecule has 0 unspecified atom stereocenters. The van der Waals surface area contributed by atoms with Gasteiger partial charge in [-0.3, -0.25) is 4.79 Å². The molecule has 2 atom stereocenters. The lowest BCUT2D eigenvalue weighted by Gasteiger charge is -2.39. The maximum atomic E-state index is 13.9. The zero-order valence-corrected chi connectivity index (χ0v) is 26.3. The number of piperidine rings is 1. The number of imidazole rings is 1. The van der Waals surface area contributed by atoms with Gasteiger partial charge in [-0.2, -0.15) is 0 Å². The van der Waals surface area contributed by atoms with Crippen LogP contribution in [0.2, 0.25) is 0 Å². The lowest BCUT2D eigenvalue weighted by atomic mass is 10.0. The molecular formula is C35H38N6O5.